The number of hydrogen-bond donors (Lipinski definition) is 3. The summed E-state index contributed by atoms with van der Waals surface area (Å²) in [5.74, 6) is -1.26. The Kier molecular flexibility index (Phi) is 6.96. The van der Waals surface area contributed by atoms with Crippen molar-refractivity contribution in [2.75, 3.05) is 17.7 Å². The van der Waals surface area contributed by atoms with Crippen molar-refractivity contribution in [2.45, 2.75) is 6.36 Å². The van der Waals surface area contributed by atoms with Crippen LogP contribution < -0.4 is 25.4 Å². The molecule has 0 unspecified atom stereocenters. The number of carbonyl (C=O) groups excluding carboxylic acids is 2. The van der Waals surface area contributed by atoms with E-state index in [-0.39, 0.29) is 11.6 Å². The van der Waals surface area contributed by atoms with Gasteiger partial charge in [-0.05, 0) is 42.5 Å². The number of halogens is 4. The molecule has 0 saturated carbocycles. The zero-order valence-electron chi connectivity index (χ0n) is 16.9. The molecule has 0 fully saturated rings. The second kappa shape index (κ2) is 9.85. The third-order valence-electron chi connectivity index (χ3n) is 3.96. The second-order valence-electron chi connectivity index (χ2n) is 6.35. The number of aromatic nitrogens is 1. The summed E-state index contributed by atoms with van der Waals surface area (Å²) in [7, 11) is 1.47. The Morgan fingerprint density at radius 3 is 2.27 bits per heavy atom. The van der Waals surface area contributed by atoms with Crippen molar-refractivity contribution < 1.29 is 36.6 Å². The highest BCUT2D eigenvalue weighted by molar-refractivity contribution is 6.00. The van der Waals surface area contributed by atoms with E-state index in [2.05, 4.69) is 25.7 Å². The molecule has 0 aliphatic heterocycles. The second-order valence-corrected chi connectivity index (χ2v) is 6.35. The zero-order valence-corrected chi connectivity index (χ0v) is 16.9. The van der Waals surface area contributed by atoms with Crippen LogP contribution in [0.5, 0.6) is 17.2 Å². The van der Waals surface area contributed by atoms with Gasteiger partial charge in [-0.3, -0.25) is 9.78 Å². The molecule has 0 aliphatic rings. The van der Waals surface area contributed by atoms with Gasteiger partial charge in [0.05, 0.1) is 5.69 Å². The maximum Gasteiger partial charge on any atom is 0.573 e. The molecule has 0 spiro atoms. The summed E-state index contributed by atoms with van der Waals surface area (Å²) >= 11 is 0. The van der Waals surface area contributed by atoms with Gasteiger partial charge in [-0.25, -0.2) is 9.18 Å². The number of rotatable bonds is 6. The van der Waals surface area contributed by atoms with Crippen LogP contribution in [0.15, 0.2) is 60.8 Å². The van der Waals surface area contributed by atoms with Crippen molar-refractivity contribution >= 4 is 23.3 Å². The number of hydrogen-bond acceptors (Lipinski definition) is 5. The molecule has 0 saturated heterocycles. The normalized spacial score (nSPS) is 10.8. The third-order valence-corrected chi connectivity index (χ3v) is 3.96. The molecule has 1 aromatic heterocycles. The molecule has 8 nitrogen and oxygen atoms in total. The molecule has 33 heavy (non-hydrogen) atoms. The van der Waals surface area contributed by atoms with Gasteiger partial charge in [0.25, 0.3) is 5.91 Å². The summed E-state index contributed by atoms with van der Waals surface area (Å²) in [5, 5.41) is 6.97. The minimum atomic E-state index is -4.96. The number of nitrogens with one attached hydrogen (secondary N) is 3. The summed E-state index contributed by atoms with van der Waals surface area (Å²) in [6.07, 6.45) is -3.55. The lowest BCUT2D eigenvalue weighted by atomic mass is 10.3. The summed E-state index contributed by atoms with van der Waals surface area (Å²) < 4.78 is 60.1. The van der Waals surface area contributed by atoms with Crippen molar-refractivity contribution in [3.05, 3.63) is 72.3 Å². The van der Waals surface area contributed by atoms with Crippen molar-refractivity contribution in [2.24, 2.45) is 0 Å². The fourth-order valence-electron chi connectivity index (χ4n) is 2.55. The van der Waals surface area contributed by atoms with Crippen LogP contribution in [-0.2, 0) is 0 Å². The Balaban J connectivity index is 1.62. The van der Waals surface area contributed by atoms with E-state index >= 15 is 0 Å². The average Bonchev–Trinajstić information content (AvgIpc) is 2.76. The van der Waals surface area contributed by atoms with Crippen molar-refractivity contribution in [1.82, 2.24) is 10.3 Å². The fraction of sp³-hybridized carbons (Fsp3) is 0.0952. The number of benzene rings is 2. The molecule has 0 bridgehead atoms. The highest BCUT2D eigenvalue weighted by Gasteiger charge is 2.31. The highest BCUT2D eigenvalue weighted by Crippen LogP contribution is 2.27. The van der Waals surface area contributed by atoms with E-state index in [9.17, 15) is 27.2 Å². The van der Waals surface area contributed by atoms with Gasteiger partial charge in [-0.15, -0.1) is 13.2 Å². The first kappa shape index (κ1) is 23.3. The predicted octanol–water partition coefficient (Wildman–Crippen LogP) is 4.92. The summed E-state index contributed by atoms with van der Waals surface area (Å²) in [5.41, 5.74) is -0.0376. The molecule has 3 rings (SSSR count). The minimum absolute atomic E-state index is 0.168. The Labute approximate surface area is 184 Å². The summed E-state index contributed by atoms with van der Waals surface area (Å²) in [6.45, 7) is 0. The lowest BCUT2D eigenvalue weighted by molar-refractivity contribution is -0.274. The first-order valence-electron chi connectivity index (χ1n) is 9.22. The molecule has 2 aromatic carbocycles. The summed E-state index contributed by atoms with van der Waals surface area (Å²) in [6, 6.07) is 10.3. The van der Waals surface area contributed by atoms with Gasteiger partial charge in [0.1, 0.15) is 28.8 Å². The Morgan fingerprint density at radius 2 is 1.61 bits per heavy atom. The number of anilines is 2. The molecule has 0 aliphatic carbocycles. The largest absolute Gasteiger partial charge is 0.573 e. The zero-order chi connectivity index (χ0) is 24.0. The molecular formula is C21H16F4N4O4. The predicted molar refractivity (Wildman–Crippen MR) is 110 cm³/mol. The van der Waals surface area contributed by atoms with E-state index in [1.165, 1.54) is 43.6 Å². The van der Waals surface area contributed by atoms with Gasteiger partial charge >= 0.3 is 12.4 Å². The van der Waals surface area contributed by atoms with Crippen molar-refractivity contribution in [1.29, 1.82) is 0 Å². The number of alkyl halides is 3. The third kappa shape index (κ3) is 6.82. The van der Waals surface area contributed by atoms with Crippen molar-refractivity contribution in [3.63, 3.8) is 0 Å². The molecule has 3 N–H and O–H groups in total. The number of pyridine rings is 1. The van der Waals surface area contributed by atoms with E-state index < -0.39 is 29.6 Å². The van der Waals surface area contributed by atoms with Gasteiger partial charge in [0, 0.05) is 31.1 Å². The number of ether oxygens (including phenoxy) is 2. The molecule has 12 heteroatoms. The van der Waals surface area contributed by atoms with Crippen LogP contribution in [0.2, 0.25) is 0 Å². The van der Waals surface area contributed by atoms with Gasteiger partial charge in [-0.2, -0.15) is 0 Å². The monoisotopic (exact) mass is 464 g/mol. The topological polar surface area (TPSA) is 102 Å². The Morgan fingerprint density at radius 1 is 0.909 bits per heavy atom. The smallest absolute Gasteiger partial charge is 0.457 e. The highest BCUT2D eigenvalue weighted by atomic mass is 19.4. The first-order valence-corrected chi connectivity index (χ1v) is 9.22. The Hall–Kier alpha value is -4.35. The van der Waals surface area contributed by atoms with Crippen LogP contribution in [0.25, 0.3) is 0 Å². The van der Waals surface area contributed by atoms with E-state index in [1.807, 2.05) is 0 Å². The van der Waals surface area contributed by atoms with Crippen LogP contribution in [-0.4, -0.2) is 30.3 Å². The average molecular weight is 464 g/mol. The molecule has 3 amide bonds. The summed E-state index contributed by atoms with van der Waals surface area (Å²) in [4.78, 5) is 27.7. The van der Waals surface area contributed by atoms with Gasteiger partial charge in [0.2, 0.25) is 0 Å². The molecule has 1 heterocycles. The maximum absolute atomic E-state index is 13.8. The van der Waals surface area contributed by atoms with Crippen LogP contribution >= 0.6 is 0 Å². The fourth-order valence-corrected chi connectivity index (χ4v) is 2.55. The van der Waals surface area contributed by atoms with E-state index in [4.69, 9.17) is 4.74 Å². The van der Waals surface area contributed by atoms with E-state index in [0.29, 0.717) is 23.3 Å². The molecular weight excluding hydrogens is 448 g/mol. The minimum Gasteiger partial charge on any atom is -0.457 e. The lowest BCUT2D eigenvalue weighted by Gasteiger charge is -2.12. The number of nitrogens with zero attached hydrogens (tertiary/aromatic N) is 1. The van der Waals surface area contributed by atoms with Gasteiger partial charge in [0.15, 0.2) is 0 Å². The molecule has 172 valence electrons. The van der Waals surface area contributed by atoms with Crippen LogP contribution in [0, 0.1) is 5.82 Å². The van der Waals surface area contributed by atoms with Crippen LogP contribution in [0.3, 0.4) is 0 Å². The number of amides is 3. The number of urea groups is 1. The lowest BCUT2D eigenvalue weighted by Crippen LogP contribution is -2.21. The molecule has 0 radical (unpaired) electrons. The van der Waals surface area contributed by atoms with E-state index in [1.54, 1.807) is 6.07 Å². The standard InChI is InChI=1S/C21H16F4N4O4/c1-26-19(30)18-10-14(8-9-27-18)32-13-4-2-12(3-5-13)28-20(31)29-17-11-15(6-7-16(17)22)33-21(23,24)25/h2-11H,1H3,(H,26,30)(H2,28,29,31). The van der Waals surface area contributed by atoms with Gasteiger partial charge < -0.3 is 25.4 Å². The molecule has 0 atom stereocenters. The quantitative estimate of drug-likeness (QED) is 0.450. The van der Waals surface area contributed by atoms with Crippen LogP contribution in [0.1, 0.15) is 10.5 Å². The Bertz CT molecular complexity index is 1150. The first-order chi connectivity index (χ1) is 15.6. The maximum atomic E-state index is 13.8. The molecule has 3 aromatic rings. The van der Waals surface area contributed by atoms with Crippen molar-refractivity contribution in [3.8, 4) is 17.2 Å². The van der Waals surface area contributed by atoms with Crippen LogP contribution in [0.4, 0.5) is 33.7 Å². The SMILES string of the molecule is CNC(=O)c1cc(Oc2ccc(NC(=O)Nc3cc(OC(F)(F)F)ccc3F)cc2)ccn1. The van der Waals surface area contributed by atoms with E-state index in [0.717, 1.165) is 12.1 Å². The number of carbonyl (C=O) groups is 2. The van der Waals surface area contributed by atoms with Gasteiger partial charge in [-0.1, -0.05) is 0 Å².